The number of nitrogens with one attached hydrogen (secondary N) is 1. The van der Waals surface area contributed by atoms with Crippen LogP contribution in [-0.2, 0) is 11.2 Å². The smallest absolute Gasteiger partial charge is 0.0804 e. The van der Waals surface area contributed by atoms with E-state index in [4.69, 9.17) is 4.74 Å². The fraction of sp³-hybridized carbons (Fsp3) is 0.667. The summed E-state index contributed by atoms with van der Waals surface area (Å²) in [5.74, 6) is 0. The number of hydrogen-bond donors (Lipinski definition) is 1. The Hall–Kier alpha value is -0.450. The van der Waals surface area contributed by atoms with Crippen LogP contribution in [0.15, 0.2) is 22.8 Å². The highest BCUT2D eigenvalue weighted by Gasteiger charge is 2.32. The van der Waals surface area contributed by atoms with Gasteiger partial charge < -0.3 is 10.1 Å². The largest absolute Gasteiger partial charge is 0.377 e. The normalized spacial score (nSPS) is 16.1. The first kappa shape index (κ1) is 16.6. The molecule has 0 aliphatic heterocycles. The highest BCUT2D eigenvalue weighted by molar-refractivity contribution is 9.10. The molecule has 0 saturated carbocycles. The van der Waals surface area contributed by atoms with E-state index in [2.05, 4.69) is 53.1 Å². The summed E-state index contributed by atoms with van der Waals surface area (Å²) in [6.07, 6.45) is 4.82. The molecule has 1 aromatic rings. The second-order valence-corrected chi connectivity index (χ2v) is 5.96. The van der Waals surface area contributed by atoms with Crippen LogP contribution in [0.3, 0.4) is 0 Å². The molecule has 0 spiro atoms. The molecule has 0 radical (unpaired) electrons. The second-order valence-electron chi connectivity index (χ2n) is 5.05. The van der Waals surface area contributed by atoms with E-state index in [-0.39, 0.29) is 11.6 Å². The molecule has 19 heavy (non-hydrogen) atoms. The van der Waals surface area contributed by atoms with Gasteiger partial charge in [0.2, 0.25) is 0 Å². The van der Waals surface area contributed by atoms with Crippen molar-refractivity contribution < 1.29 is 4.74 Å². The zero-order valence-corrected chi connectivity index (χ0v) is 14.0. The summed E-state index contributed by atoms with van der Waals surface area (Å²) >= 11 is 3.42. The fourth-order valence-electron chi connectivity index (χ4n) is 2.09. The summed E-state index contributed by atoms with van der Waals surface area (Å²) in [7, 11) is 1.79. The lowest BCUT2D eigenvalue weighted by molar-refractivity contribution is -0.0289. The minimum atomic E-state index is -0.163. The van der Waals surface area contributed by atoms with Crippen LogP contribution in [-0.4, -0.2) is 30.3 Å². The van der Waals surface area contributed by atoms with Gasteiger partial charge in [-0.1, -0.05) is 13.8 Å². The summed E-state index contributed by atoms with van der Waals surface area (Å²) in [6, 6.07) is 4.38. The van der Waals surface area contributed by atoms with Crippen molar-refractivity contribution in [1.29, 1.82) is 0 Å². The molecule has 4 heteroatoms. The number of aromatic nitrogens is 1. The van der Waals surface area contributed by atoms with E-state index in [0.717, 1.165) is 36.0 Å². The number of rotatable bonds is 8. The zero-order chi connectivity index (χ0) is 14.3. The SMILES string of the molecule is CCCNC(Cc1ccc(Br)cn1)C(C)(CC)OC. The van der Waals surface area contributed by atoms with Crippen LogP contribution in [0.5, 0.6) is 0 Å². The van der Waals surface area contributed by atoms with E-state index < -0.39 is 0 Å². The van der Waals surface area contributed by atoms with Crippen molar-refractivity contribution in [3.63, 3.8) is 0 Å². The number of ether oxygens (including phenoxy) is 1. The van der Waals surface area contributed by atoms with Crippen LogP contribution in [0.4, 0.5) is 0 Å². The fourth-order valence-corrected chi connectivity index (χ4v) is 2.33. The van der Waals surface area contributed by atoms with Gasteiger partial charge in [-0.05, 0) is 54.4 Å². The molecule has 1 N–H and O–H groups in total. The first-order valence-corrected chi connectivity index (χ1v) is 7.74. The minimum Gasteiger partial charge on any atom is -0.377 e. The van der Waals surface area contributed by atoms with E-state index in [0.29, 0.717) is 0 Å². The Morgan fingerprint density at radius 1 is 1.42 bits per heavy atom. The molecule has 1 rings (SSSR count). The third-order valence-electron chi connectivity index (χ3n) is 3.75. The van der Waals surface area contributed by atoms with E-state index in [1.54, 1.807) is 7.11 Å². The van der Waals surface area contributed by atoms with E-state index in [1.165, 1.54) is 0 Å². The molecule has 2 unspecified atom stereocenters. The number of methoxy groups -OCH3 is 1. The highest BCUT2D eigenvalue weighted by Crippen LogP contribution is 2.22. The van der Waals surface area contributed by atoms with Gasteiger partial charge in [0.15, 0.2) is 0 Å². The van der Waals surface area contributed by atoms with Gasteiger partial charge in [0, 0.05) is 35.9 Å². The molecule has 0 aliphatic rings. The molecule has 0 fully saturated rings. The maximum atomic E-state index is 5.74. The maximum Gasteiger partial charge on any atom is 0.0804 e. The van der Waals surface area contributed by atoms with Crippen LogP contribution in [0, 0.1) is 0 Å². The molecule has 1 heterocycles. The molecule has 0 amide bonds. The van der Waals surface area contributed by atoms with Gasteiger partial charge in [-0.15, -0.1) is 0 Å². The lowest BCUT2D eigenvalue weighted by atomic mass is 9.89. The molecule has 3 nitrogen and oxygen atoms in total. The molecule has 108 valence electrons. The van der Waals surface area contributed by atoms with Crippen molar-refractivity contribution >= 4 is 15.9 Å². The topological polar surface area (TPSA) is 34.2 Å². The Morgan fingerprint density at radius 2 is 2.16 bits per heavy atom. The van der Waals surface area contributed by atoms with E-state index in [1.807, 2.05) is 12.3 Å². The first-order chi connectivity index (χ1) is 9.05. The van der Waals surface area contributed by atoms with Gasteiger partial charge in [-0.3, -0.25) is 4.98 Å². The Labute approximate surface area is 125 Å². The summed E-state index contributed by atoms with van der Waals surface area (Å²) in [5, 5.41) is 3.60. The van der Waals surface area contributed by atoms with Crippen LogP contribution < -0.4 is 5.32 Å². The maximum absolute atomic E-state index is 5.74. The molecular formula is C15H25BrN2O. The van der Waals surface area contributed by atoms with Crippen LogP contribution >= 0.6 is 15.9 Å². The summed E-state index contributed by atoms with van der Waals surface area (Å²) in [6.45, 7) is 7.51. The Balaban J connectivity index is 2.81. The van der Waals surface area contributed by atoms with Gasteiger partial charge in [0.05, 0.1) is 5.60 Å². The lowest BCUT2D eigenvalue weighted by Gasteiger charge is -2.36. The van der Waals surface area contributed by atoms with Crippen LogP contribution in [0.25, 0.3) is 0 Å². The van der Waals surface area contributed by atoms with E-state index in [9.17, 15) is 0 Å². The average Bonchev–Trinajstić information content (AvgIpc) is 2.44. The quantitative estimate of drug-likeness (QED) is 0.792. The van der Waals surface area contributed by atoms with Crippen LogP contribution in [0.1, 0.15) is 39.3 Å². The Kier molecular flexibility index (Phi) is 6.97. The van der Waals surface area contributed by atoms with Crippen LogP contribution in [0.2, 0.25) is 0 Å². The standard InChI is InChI=1S/C15H25BrN2O/c1-5-9-17-14(15(3,6-2)19-4)10-13-8-7-12(16)11-18-13/h7-8,11,14,17H,5-6,9-10H2,1-4H3. The predicted octanol–water partition coefficient (Wildman–Crippen LogP) is 3.57. The van der Waals surface area contributed by atoms with E-state index >= 15 is 0 Å². The van der Waals surface area contributed by atoms with Gasteiger partial charge in [0.25, 0.3) is 0 Å². The molecule has 0 aromatic carbocycles. The Bertz CT molecular complexity index is 363. The number of pyridine rings is 1. The molecule has 2 atom stereocenters. The molecule has 1 aromatic heterocycles. The second kappa shape index (κ2) is 7.98. The summed E-state index contributed by atoms with van der Waals surface area (Å²) in [5.41, 5.74) is 0.928. The number of nitrogens with zero attached hydrogens (tertiary/aromatic N) is 1. The van der Waals surface area contributed by atoms with Crippen molar-refractivity contribution in [3.8, 4) is 0 Å². The highest BCUT2D eigenvalue weighted by atomic mass is 79.9. The summed E-state index contributed by atoms with van der Waals surface area (Å²) in [4.78, 5) is 4.47. The van der Waals surface area contributed by atoms with Gasteiger partial charge >= 0.3 is 0 Å². The molecule has 0 saturated heterocycles. The third-order valence-corrected chi connectivity index (χ3v) is 4.22. The first-order valence-electron chi connectivity index (χ1n) is 6.94. The van der Waals surface area contributed by atoms with Gasteiger partial charge in [0.1, 0.15) is 0 Å². The summed E-state index contributed by atoms with van der Waals surface area (Å²) < 4.78 is 6.76. The molecular weight excluding hydrogens is 304 g/mol. The average molecular weight is 329 g/mol. The predicted molar refractivity (Wildman–Crippen MR) is 83.4 cm³/mol. The molecule has 0 aliphatic carbocycles. The Morgan fingerprint density at radius 3 is 2.63 bits per heavy atom. The lowest BCUT2D eigenvalue weighted by Crippen LogP contribution is -2.51. The van der Waals surface area contributed by atoms with Crippen molar-refractivity contribution in [2.45, 2.75) is 51.7 Å². The van der Waals surface area contributed by atoms with Gasteiger partial charge in [-0.2, -0.15) is 0 Å². The zero-order valence-electron chi connectivity index (χ0n) is 12.4. The van der Waals surface area contributed by atoms with Gasteiger partial charge in [-0.25, -0.2) is 0 Å². The van der Waals surface area contributed by atoms with Crippen molar-refractivity contribution in [1.82, 2.24) is 10.3 Å². The monoisotopic (exact) mass is 328 g/mol. The third kappa shape index (κ3) is 4.86. The molecule has 0 bridgehead atoms. The van der Waals surface area contributed by atoms with Crippen molar-refractivity contribution in [2.24, 2.45) is 0 Å². The minimum absolute atomic E-state index is 0.163. The van der Waals surface area contributed by atoms with Crippen molar-refractivity contribution in [3.05, 3.63) is 28.5 Å². The van der Waals surface area contributed by atoms with Crippen molar-refractivity contribution in [2.75, 3.05) is 13.7 Å². The number of hydrogen-bond acceptors (Lipinski definition) is 3. The number of halogens is 1.